The van der Waals surface area contributed by atoms with Crippen LogP contribution < -0.4 is 0 Å². The van der Waals surface area contributed by atoms with Gasteiger partial charge in [0.1, 0.15) is 5.78 Å². The van der Waals surface area contributed by atoms with Crippen molar-refractivity contribution in [3.63, 3.8) is 0 Å². The summed E-state index contributed by atoms with van der Waals surface area (Å²) in [5.41, 5.74) is 5.12. The number of ether oxygens (including phenoxy) is 1. The van der Waals surface area contributed by atoms with Crippen LogP contribution in [0.4, 0.5) is 0 Å². The first kappa shape index (κ1) is 23.7. The predicted molar refractivity (Wildman–Crippen MR) is 138 cm³/mol. The van der Waals surface area contributed by atoms with E-state index in [1.54, 1.807) is 6.20 Å². The van der Waals surface area contributed by atoms with Gasteiger partial charge < -0.3 is 4.74 Å². The van der Waals surface area contributed by atoms with Gasteiger partial charge in [-0.2, -0.15) is 5.10 Å². The second kappa shape index (κ2) is 10.4. The van der Waals surface area contributed by atoms with Gasteiger partial charge >= 0.3 is 0 Å². The van der Waals surface area contributed by atoms with Gasteiger partial charge in [-0.3, -0.25) is 29.2 Å². The number of carbonyl (C=O) groups excluding carboxylic acids is 1. The first-order valence-electron chi connectivity index (χ1n) is 13.5. The molecule has 0 spiro atoms. The summed E-state index contributed by atoms with van der Waals surface area (Å²) in [6.45, 7) is 6.88. The van der Waals surface area contributed by atoms with E-state index in [0.717, 1.165) is 86.5 Å². The molecule has 3 aromatic rings. The second-order valence-corrected chi connectivity index (χ2v) is 10.7. The van der Waals surface area contributed by atoms with Gasteiger partial charge in [-0.1, -0.05) is 6.42 Å². The first-order valence-corrected chi connectivity index (χ1v) is 13.5. The predicted octanol–water partition coefficient (Wildman–Crippen LogP) is 3.24. The Morgan fingerprint density at radius 3 is 2.56 bits per heavy atom. The number of nitrogens with zero attached hydrogens (tertiary/aromatic N) is 6. The SMILES string of the molecule is Cn1ncc(-c2cnc3cnc(CC(=O)C4CCN(C5COC5)CC4)cc3c2)c1CN1CCCCC1. The summed E-state index contributed by atoms with van der Waals surface area (Å²) in [6, 6.07) is 4.78. The van der Waals surface area contributed by atoms with Crippen molar-refractivity contribution in [1.82, 2.24) is 29.5 Å². The molecule has 0 atom stereocenters. The molecule has 0 aliphatic carbocycles. The molecule has 3 aromatic heterocycles. The molecule has 3 saturated heterocycles. The highest BCUT2D eigenvalue weighted by Crippen LogP contribution is 2.28. The molecule has 8 nitrogen and oxygen atoms in total. The molecular weight excluding hydrogens is 452 g/mol. The van der Waals surface area contributed by atoms with E-state index >= 15 is 0 Å². The monoisotopic (exact) mass is 488 g/mol. The van der Waals surface area contributed by atoms with E-state index in [0.29, 0.717) is 18.2 Å². The molecule has 0 unspecified atom stereocenters. The Morgan fingerprint density at radius 1 is 1.00 bits per heavy atom. The number of ketones is 1. The summed E-state index contributed by atoms with van der Waals surface area (Å²) >= 11 is 0. The minimum absolute atomic E-state index is 0.136. The van der Waals surface area contributed by atoms with Crippen molar-refractivity contribution in [3.05, 3.63) is 42.1 Å². The fourth-order valence-corrected chi connectivity index (χ4v) is 5.88. The van der Waals surface area contributed by atoms with Crippen molar-refractivity contribution in [2.45, 2.75) is 51.1 Å². The normalized spacial score (nSPS) is 20.6. The summed E-state index contributed by atoms with van der Waals surface area (Å²) in [5, 5.41) is 5.59. The maximum atomic E-state index is 13.1. The zero-order valence-corrected chi connectivity index (χ0v) is 21.2. The van der Waals surface area contributed by atoms with Gasteiger partial charge in [0.15, 0.2) is 0 Å². The molecule has 6 rings (SSSR count). The molecule has 3 fully saturated rings. The Hall–Kier alpha value is -2.68. The number of aromatic nitrogens is 4. The van der Waals surface area contributed by atoms with Crippen LogP contribution in [-0.4, -0.2) is 80.8 Å². The Labute approximate surface area is 212 Å². The van der Waals surface area contributed by atoms with Gasteiger partial charge in [0, 0.05) is 54.3 Å². The minimum Gasteiger partial charge on any atom is -0.378 e. The molecule has 0 bridgehead atoms. The number of fused-ring (bicyclic) bond motifs is 1. The molecule has 6 heterocycles. The molecule has 0 amide bonds. The van der Waals surface area contributed by atoms with Crippen molar-refractivity contribution < 1.29 is 9.53 Å². The smallest absolute Gasteiger partial charge is 0.142 e. The van der Waals surface area contributed by atoms with E-state index in [9.17, 15) is 4.79 Å². The molecule has 0 N–H and O–H groups in total. The van der Waals surface area contributed by atoms with E-state index in [1.807, 2.05) is 30.2 Å². The lowest BCUT2D eigenvalue weighted by Gasteiger charge is -2.41. The first-order chi connectivity index (χ1) is 17.6. The Kier molecular flexibility index (Phi) is 6.82. The van der Waals surface area contributed by atoms with Crippen LogP contribution >= 0.6 is 0 Å². The quantitative estimate of drug-likeness (QED) is 0.505. The summed E-state index contributed by atoms with van der Waals surface area (Å²) in [7, 11) is 2.02. The summed E-state index contributed by atoms with van der Waals surface area (Å²) in [6.07, 6.45) is 11.8. The number of pyridine rings is 2. The molecule has 36 heavy (non-hydrogen) atoms. The molecule has 0 aromatic carbocycles. The van der Waals surface area contributed by atoms with Crippen molar-refractivity contribution >= 4 is 16.7 Å². The number of hydrogen-bond acceptors (Lipinski definition) is 7. The van der Waals surface area contributed by atoms with Crippen LogP contribution in [0.3, 0.4) is 0 Å². The number of carbonyl (C=O) groups is 1. The zero-order valence-electron chi connectivity index (χ0n) is 21.2. The maximum absolute atomic E-state index is 13.1. The van der Waals surface area contributed by atoms with Gasteiger partial charge in [-0.25, -0.2) is 0 Å². The van der Waals surface area contributed by atoms with E-state index in [2.05, 4.69) is 30.9 Å². The third-order valence-electron chi connectivity index (χ3n) is 8.30. The van der Waals surface area contributed by atoms with Crippen LogP contribution in [0.2, 0.25) is 0 Å². The van der Waals surface area contributed by atoms with Gasteiger partial charge in [0.05, 0.1) is 42.9 Å². The minimum atomic E-state index is 0.136. The zero-order chi connectivity index (χ0) is 24.5. The number of likely N-dealkylation sites (tertiary alicyclic amines) is 2. The highest BCUT2D eigenvalue weighted by Gasteiger charge is 2.32. The largest absolute Gasteiger partial charge is 0.378 e. The number of piperidine rings is 2. The van der Waals surface area contributed by atoms with Crippen LogP contribution in [0.1, 0.15) is 43.5 Å². The number of hydrogen-bond donors (Lipinski definition) is 0. The topological polar surface area (TPSA) is 76.4 Å². The standard InChI is InChI=1S/C28H36N6O2/c1-32-27(17-33-7-3-2-4-8-33)25(15-31-32)22-11-21-12-23(29-16-26(21)30-14-22)13-28(35)20-5-9-34(10-6-20)24-18-36-19-24/h11-12,14-16,20,24H,2-10,13,17-19H2,1H3. The molecule has 3 aliphatic heterocycles. The van der Waals surface area contributed by atoms with Crippen LogP contribution in [-0.2, 0) is 29.5 Å². The Morgan fingerprint density at radius 2 is 1.81 bits per heavy atom. The van der Waals surface area contributed by atoms with Crippen molar-refractivity contribution in [3.8, 4) is 11.1 Å². The highest BCUT2D eigenvalue weighted by atomic mass is 16.5. The fraction of sp³-hybridized carbons (Fsp3) is 0.571. The average Bonchev–Trinajstić information content (AvgIpc) is 3.23. The molecule has 0 radical (unpaired) electrons. The van der Waals surface area contributed by atoms with Crippen LogP contribution in [0.25, 0.3) is 22.0 Å². The summed E-state index contributed by atoms with van der Waals surface area (Å²) < 4.78 is 7.32. The highest BCUT2D eigenvalue weighted by molar-refractivity contribution is 5.86. The van der Waals surface area contributed by atoms with Gasteiger partial charge in [0.25, 0.3) is 0 Å². The lowest BCUT2D eigenvalue weighted by Crippen LogP contribution is -2.52. The second-order valence-electron chi connectivity index (χ2n) is 10.7. The average molecular weight is 489 g/mol. The third kappa shape index (κ3) is 4.94. The van der Waals surface area contributed by atoms with E-state index in [1.165, 1.54) is 25.0 Å². The lowest BCUT2D eigenvalue weighted by molar-refractivity contribution is -0.125. The number of aryl methyl sites for hydroxylation is 1. The van der Waals surface area contributed by atoms with Crippen LogP contribution in [0.5, 0.6) is 0 Å². The molecule has 0 saturated carbocycles. The van der Waals surface area contributed by atoms with Crippen molar-refractivity contribution in [2.24, 2.45) is 13.0 Å². The van der Waals surface area contributed by atoms with E-state index < -0.39 is 0 Å². The number of Topliss-reactive ketones (excluding diaryl/α,β-unsaturated/α-hetero) is 1. The van der Waals surface area contributed by atoms with Crippen molar-refractivity contribution in [1.29, 1.82) is 0 Å². The summed E-state index contributed by atoms with van der Waals surface area (Å²) in [5.74, 6) is 0.448. The molecule has 3 aliphatic rings. The molecule has 190 valence electrons. The molecule has 8 heteroatoms. The van der Waals surface area contributed by atoms with Gasteiger partial charge in [-0.05, 0) is 64.0 Å². The summed E-state index contributed by atoms with van der Waals surface area (Å²) in [4.78, 5) is 27.3. The van der Waals surface area contributed by atoms with Crippen molar-refractivity contribution in [2.75, 3.05) is 39.4 Å². The Bertz CT molecular complexity index is 1220. The van der Waals surface area contributed by atoms with E-state index in [4.69, 9.17) is 4.74 Å². The van der Waals surface area contributed by atoms with Gasteiger partial charge in [-0.15, -0.1) is 0 Å². The third-order valence-corrected chi connectivity index (χ3v) is 8.30. The number of rotatable bonds is 7. The van der Waals surface area contributed by atoms with Crippen LogP contribution in [0, 0.1) is 5.92 Å². The Balaban J connectivity index is 1.16. The van der Waals surface area contributed by atoms with Crippen LogP contribution in [0.15, 0.2) is 30.7 Å². The van der Waals surface area contributed by atoms with Gasteiger partial charge in [0.2, 0.25) is 0 Å². The maximum Gasteiger partial charge on any atom is 0.142 e. The van der Waals surface area contributed by atoms with E-state index in [-0.39, 0.29) is 5.92 Å². The lowest BCUT2D eigenvalue weighted by atomic mass is 9.89. The fourth-order valence-electron chi connectivity index (χ4n) is 5.88. The molecular formula is C28H36N6O2.